The van der Waals surface area contributed by atoms with Crippen LogP contribution in [0.25, 0.3) is 16.8 Å². The molecule has 1 unspecified atom stereocenters. The van der Waals surface area contributed by atoms with Gasteiger partial charge in [-0.05, 0) is 35.9 Å². The number of nitrogens with zero attached hydrogens (tertiary/aromatic N) is 2. The zero-order valence-electron chi connectivity index (χ0n) is 19.2. The molecule has 1 atom stereocenters. The fourth-order valence-corrected chi connectivity index (χ4v) is 4.51. The number of anilines is 1. The highest BCUT2D eigenvalue weighted by atomic mass is 35.5. The number of rotatable bonds is 5. The molecule has 1 aromatic heterocycles. The van der Waals surface area contributed by atoms with E-state index in [2.05, 4.69) is 9.97 Å². The van der Waals surface area contributed by atoms with Crippen LogP contribution >= 0.6 is 11.6 Å². The SMILES string of the molecule is COc1cc(OC)c(/C(O)=C2\C(=O)C(=O)N(c3nc4ccccc4[nH]3)C2c2ccc(O)cc2)cc1Cl. The summed E-state index contributed by atoms with van der Waals surface area (Å²) >= 11 is 6.30. The van der Waals surface area contributed by atoms with Crippen molar-refractivity contribution in [2.24, 2.45) is 0 Å². The third-order valence-corrected chi connectivity index (χ3v) is 6.28. The van der Waals surface area contributed by atoms with E-state index in [-0.39, 0.29) is 33.6 Å². The number of phenolic OH excluding ortho intramolecular Hbond substituents is 1. The molecule has 1 amide bonds. The van der Waals surface area contributed by atoms with Gasteiger partial charge in [-0.1, -0.05) is 35.9 Å². The van der Waals surface area contributed by atoms with Crippen LogP contribution in [0, 0.1) is 0 Å². The van der Waals surface area contributed by atoms with Crippen LogP contribution in [0.1, 0.15) is 17.2 Å². The Morgan fingerprint density at radius 2 is 1.72 bits per heavy atom. The number of aliphatic hydroxyl groups excluding tert-OH is 1. The minimum atomic E-state index is -1.06. The average molecular weight is 506 g/mol. The van der Waals surface area contributed by atoms with Crippen molar-refractivity contribution in [3.05, 3.63) is 82.4 Å². The smallest absolute Gasteiger partial charge is 0.302 e. The summed E-state index contributed by atoms with van der Waals surface area (Å²) in [6.07, 6.45) is 0. The number of nitrogens with one attached hydrogen (secondary N) is 1. The van der Waals surface area contributed by atoms with Gasteiger partial charge in [-0.3, -0.25) is 14.5 Å². The molecule has 3 N–H and O–H groups in total. The second kappa shape index (κ2) is 8.94. The van der Waals surface area contributed by atoms with Crippen molar-refractivity contribution in [2.45, 2.75) is 6.04 Å². The van der Waals surface area contributed by atoms with E-state index in [9.17, 15) is 19.8 Å². The van der Waals surface area contributed by atoms with Crippen molar-refractivity contribution >= 4 is 46.0 Å². The Balaban J connectivity index is 1.76. The highest BCUT2D eigenvalue weighted by Gasteiger charge is 2.48. The Morgan fingerprint density at radius 3 is 2.39 bits per heavy atom. The zero-order valence-corrected chi connectivity index (χ0v) is 19.9. The quantitative estimate of drug-likeness (QED) is 0.206. The van der Waals surface area contributed by atoms with Crippen LogP contribution in [0.3, 0.4) is 0 Å². The lowest BCUT2D eigenvalue weighted by Gasteiger charge is -2.23. The van der Waals surface area contributed by atoms with E-state index < -0.39 is 23.5 Å². The first-order valence-corrected chi connectivity index (χ1v) is 11.2. The average Bonchev–Trinajstić information content (AvgIpc) is 3.42. The molecule has 1 saturated heterocycles. The molecule has 0 spiro atoms. The second-order valence-electron chi connectivity index (χ2n) is 8.03. The standard InChI is InChI=1S/C26H20ClN3O6/c1-35-19-12-20(36-2)16(27)11-15(19)23(32)21-22(13-7-9-14(31)10-8-13)30(25(34)24(21)33)26-28-17-5-3-4-6-18(17)29-26/h3-12,22,31-32H,1-2H3,(H,28,29)/b23-21+. The summed E-state index contributed by atoms with van der Waals surface area (Å²) in [4.78, 5) is 35.5. The first kappa shape index (κ1) is 23.3. The highest BCUT2D eigenvalue weighted by molar-refractivity contribution is 6.51. The van der Waals surface area contributed by atoms with Crippen LogP contribution < -0.4 is 14.4 Å². The van der Waals surface area contributed by atoms with E-state index in [1.165, 1.54) is 43.4 Å². The number of carbonyl (C=O) groups excluding carboxylic acids is 2. The molecular weight excluding hydrogens is 486 g/mol. The van der Waals surface area contributed by atoms with Gasteiger partial charge in [-0.25, -0.2) is 4.98 Å². The Bertz CT molecular complexity index is 1510. The number of hydrogen-bond acceptors (Lipinski definition) is 7. The summed E-state index contributed by atoms with van der Waals surface area (Å²) in [6.45, 7) is 0. The van der Waals surface area contributed by atoms with Crippen LogP contribution in [0.5, 0.6) is 17.2 Å². The maximum absolute atomic E-state index is 13.4. The van der Waals surface area contributed by atoms with Crippen LogP contribution in [-0.2, 0) is 9.59 Å². The summed E-state index contributed by atoms with van der Waals surface area (Å²) in [7, 11) is 2.83. The number of halogens is 1. The molecule has 1 aliphatic rings. The number of imidazole rings is 1. The molecule has 0 aliphatic carbocycles. The number of carbonyl (C=O) groups is 2. The maximum Gasteiger partial charge on any atom is 0.302 e. The highest BCUT2D eigenvalue weighted by Crippen LogP contribution is 2.44. The molecule has 10 heteroatoms. The predicted octanol–water partition coefficient (Wildman–Crippen LogP) is 4.57. The van der Waals surface area contributed by atoms with Gasteiger partial charge >= 0.3 is 5.91 Å². The van der Waals surface area contributed by atoms with Crippen LogP contribution in [0.15, 0.2) is 66.2 Å². The van der Waals surface area contributed by atoms with Crippen molar-refractivity contribution in [3.63, 3.8) is 0 Å². The molecule has 3 aromatic carbocycles. The van der Waals surface area contributed by atoms with Crippen molar-refractivity contribution in [1.82, 2.24) is 9.97 Å². The first-order valence-electron chi connectivity index (χ1n) is 10.8. The molecule has 0 bridgehead atoms. The lowest BCUT2D eigenvalue weighted by molar-refractivity contribution is -0.132. The van der Waals surface area contributed by atoms with Gasteiger partial charge in [0.2, 0.25) is 5.95 Å². The van der Waals surface area contributed by atoms with Gasteiger partial charge in [-0.15, -0.1) is 0 Å². The van der Waals surface area contributed by atoms with Crippen LogP contribution in [0.4, 0.5) is 5.95 Å². The first-order chi connectivity index (χ1) is 17.3. The number of aromatic amines is 1. The molecule has 5 rings (SSSR count). The van der Waals surface area contributed by atoms with Crippen molar-refractivity contribution < 1.29 is 29.3 Å². The number of aromatic hydroxyl groups is 1. The second-order valence-corrected chi connectivity index (χ2v) is 8.43. The number of ketones is 1. The summed E-state index contributed by atoms with van der Waals surface area (Å²) in [5.74, 6) is -1.65. The van der Waals surface area contributed by atoms with Crippen LogP contribution in [-0.4, -0.2) is 46.1 Å². The predicted molar refractivity (Wildman–Crippen MR) is 134 cm³/mol. The number of ether oxygens (including phenoxy) is 2. The molecule has 0 radical (unpaired) electrons. The molecular formula is C26H20ClN3O6. The number of fused-ring (bicyclic) bond motifs is 1. The Morgan fingerprint density at radius 1 is 1.03 bits per heavy atom. The molecule has 36 heavy (non-hydrogen) atoms. The molecule has 1 aliphatic heterocycles. The van der Waals surface area contributed by atoms with Crippen molar-refractivity contribution in [2.75, 3.05) is 19.1 Å². The van der Waals surface area contributed by atoms with Gasteiger partial charge in [0, 0.05) is 6.07 Å². The Hall–Kier alpha value is -4.50. The Kier molecular flexibility index (Phi) is 5.77. The number of hydrogen-bond donors (Lipinski definition) is 3. The third-order valence-electron chi connectivity index (χ3n) is 5.99. The number of phenols is 1. The van der Waals surface area contributed by atoms with Gasteiger partial charge < -0.3 is 24.7 Å². The number of H-pyrrole nitrogens is 1. The van der Waals surface area contributed by atoms with Gasteiger partial charge in [-0.2, -0.15) is 0 Å². The number of Topliss-reactive ketones (excluding diaryl/α,β-unsaturated/α-hetero) is 1. The molecule has 1 fully saturated rings. The monoisotopic (exact) mass is 505 g/mol. The summed E-state index contributed by atoms with van der Waals surface area (Å²) in [5.41, 5.74) is 1.65. The molecule has 9 nitrogen and oxygen atoms in total. The van der Waals surface area contributed by atoms with E-state index in [0.717, 1.165) is 0 Å². The van der Waals surface area contributed by atoms with Gasteiger partial charge in [0.1, 0.15) is 23.0 Å². The van der Waals surface area contributed by atoms with Crippen molar-refractivity contribution in [1.29, 1.82) is 0 Å². The van der Waals surface area contributed by atoms with E-state index in [4.69, 9.17) is 21.1 Å². The Labute approximate surface area is 210 Å². The third kappa shape index (κ3) is 3.70. The number of benzene rings is 3. The van der Waals surface area contributed by atoms with E-state index in [0.29, 0.717) is 22.3 Å². The van der Waals surface area contributed by atoms with E-state index >= 15 is 0 Å². The van der Waals surface area contributed by atoms with Crippen LogP contribution in [0.2, 0.25) is 5.02 Å². The fraction of sp³-hybridized carbons (Fsp3) is 0.115. The molecule has 2 heterocycles. The topological polar surface area (TPSA) is 125 Å². The normalized spacial score (nSPS) is 17.1. The van der Waals surface area contributed by atoms with E-state index in [1.54, 1.807) is 30.3 Å². The number of aliphatic hydroxyl groups is 1. The van der Waals surface area contributed by atoms with Gasteiger partial charge in [0.05, 0.1) is 47.5 Å². The minimum absolute atomic E-state index is 0.00282. The largest absolute Gasteiger partial charge is 0.508 e. The summed E-state index contributed by atoms with van der Waals surface area (Å²) in [5, 5.41) is 21.4. The zero-order chi connectivity index (χ0) is 25.6. The molecule has 4 aromatic rings. The molecule has 0 saturated carbocycles. The molecule has 182 valence electrons. The maximum atomic E-state index is 13.4. The van der Waals surface area contributed by atoms with Gasteiger partial charge in [0.15, 0.2) is 0 Å². The van der Waals surface area contributed by atoms with Crippen molar-refractivity contribution in [3.8, 4) is 17.2 Å². The van der Waals surface area contributed by atoms with Gasteiger partial charge in [0.25, 0.3) is 5.78 Å². The number of amides is 1. The summed E-state index contributed by atoms with van der Waals surface area (Å²) in [6, 6.07) is 15.0. The summed E-state index contributed by atoms with van der Waals surface area (Å²) < 4.78 is 10.6. The fourth-order valence-electron chi connectivity index (χ4n) is 4.27. The lowest BCUT2D eigenvalue weighted by atomic mass is 9.95. The number of methoxy groups -OCH3 is 2. The number of para-hydroxylation sites is 2. The van der Waals surface area contributed by atoms with E-state index in [1.807, 2.05) is 6.07 Å². The minimum Gasteiger partial charge on any atom is -0.508 e. The number of aromatic nitrogens is 2. The lowest BCUT2D eigenvalue weighted by Crippen LogP contribution is -2.30.